The Hall–Kier alpha value is -0.900. The highest BCUT2D eigenvalue weighted by Gasteiger charge is 2.82. The number of Topliss-reactive ketones (excluding diaryl/α,β-unsaturated/α-hetero) is 1. The van der Waals surface area contributed by atoms with Crippen LogP contribution in [0.3, 0.4) is 0 Å². The molecule has 0 bridgehead atoms. The first-order valence-corrected chi connectivity index (χ1v) is 11.4. The van der Waals surface area contributed by atoms with E-state index in [4.69, 9.17) is 9.47 Å². The molecule has 1 spiro atoms. The number of carbonyl (C=O) groups excluding carboxylic acids is 2. The molecule has 0 aromatic rings. The monoisotopic (exact) mass is 388 g/mol. The predicted octanol–water partition coefficient (Wildman–Crippen LogP) is 4.69. The largest absolute Gasteiger partial charge is 0.462 e. The van der Waals surface area contributed by atoms with Gasteiger partial charge in [0.1, 0.15) is 17.5 Å². The minimum absolute atomic E-state index is 0.00591. The molecule has 1 heterocycles. The van der Waals surface area contributed by atoms with E-state index in [1.807, 2.05) is 0 Å². The molecule has 0 aromatic heterocycles. The molecule has 4 aliphatic carbocycles. The number of carbonyl (C=O) groups is 2. The fourth-order valence-corrected chi connectivity index (χ4v) is 9.16. The van der Waals surface area contributed by atoms with Crippen molar-refractivity contribution in [3.8, 4) is 0 Å². The number of rotatable bonds is 2. The Bertz CT molecular complexity index is 732. The number of hydrogen-bond donors (Lipinski definition) is 0. The molecule has 4 heteroatoms. The number of hydrogen-bond acceptors (Lipinski definition) is 4. The van der Waals surface area contributed by atoms with Gasteiger partial charge in [0.2, 0.25) is 0 Å². The van der Waals surface area contributed by atoms with Crippen LogP contribution in [-0.4, -0.2) is 29.1 Å². The molecule has 4 nitrogen and oxygen atoms in total. The van der Waals surface area contributed by atoms with E-state index in [1.54, 1.807) is 6.92 Å². The van der Waals surface area contributed by atoms with Gasteiger partial charge in [-0.25, -0.2) is 0 Å². The molecule has 0 amide bonds. The third kappa shape index (κ3) is 2.16. The molecule has 5 aliphatic rings. The summed E-state index contributed by atoms with van der Waals surface area (Å²) in [5.41, 5.74) is 0.140. The summed E-state index contributed by atoms with van der Waals surface area (Å²) in [6.45, 7) is 10.5. The van der Waals surface area contributed by atoms with Gasteiger partial charge in [-0.3, -0.25) is 9.59 Å². The zero-order chi connectivity index (χ0) is 20.1. The van der Waals surface area contributed by atoms with Crippen LogP contribution in [0.2, 0.25) is 0 Å². The highest BCUT2D eigenvalue weighted by molar-refractivity contribution is 5.79. The molecule has 0 radical (unpaired) electrons. The number of ether oxygens (including phenoxy) is 2. The van der Waals surface area contributed by atoms with E-state index in [1.165, 1.54) is 26.2 Å². The van der Waals surface area contributed by atoms with Gasteiger partial charge in [0.05, 0.1) is 5.60 Å². The number of epoxide rings is 1. The lowest BCUT2D eigenvalue weighted by Crippen LogP contribution is -2.61. The third-order valence-corrected chi connectivity index (χ3v) is 10.3. The van der Waals surface area contributed by atoms with Crippen LogP contribution in [0.25, 0.3) is 0 Å². The van der Waals surface area contributed by atoms with Gasteiger partial charge in [0, 0.05) is 24.7 Å². The van der Waals surface area contributed by atoms with Crippen LogP contribution in [0.15, 0.2) is 0 Å². The van der Waals surface area contributed by atoms with E-state index >= 15 is 0 Å². The lowest BCUT2D eigenvalue weighted by Gasteiger charge is -2.60. The topological polar surface area (TPSA) is 55.9 Å². The van der Waals surface area contributed by atoms with Crippen molar-refractivity contribution in [2.75, 3.05) is 0 Å². The Morgan fingerprint density at radius 3 is 2.36 bits per heavy atom. The molecule has 5 rings (SSSR count). The molecule has 5 fully saturated rings. The smallest absolute Gasteiger partial charge is 0.302 e. The molecule has 156 valence electrons. The maximum absolute atomic E-state index is 12.3. The van der Waals surface area contributed by atoms with Gasteiger partial charge in [0.15, 0.2) is 0 Å². The molecule has 1 aliphatic heterocycles. The summed E-state index contributed by atoms with van der Waals surface area (Å²) in [6.07, 6.45) is 8.71. The molecular weight excluding hydrogens is 352 g/mol. The summed E-state index contributed by atoms with van der Waals surface area (Å²) in [4.78, 5) is 23.9. The van der Waals surface area contributed by atoms with Crippen molar-refractivity contribution in [3.05, 3.63) is 0 Å². The lowest BCUT2D eigenvalue weighted by molar-refractivity contribution is -0.159. The van der Waals surface area contributed by atoms with Crippen LogP contribution in [0.1, 0.15) is 86.0 Å². The second-order valence-electron chi connectivity index (χ2n) is 11.4. The first-order valence-electron chi connectivity index (χ1n) is 11.4. The van der Waals surface area contributed by atoms with Crippen molar-refractivity contribution in [3.63, 3.8) is 0 Å². The van der Waals surface area contributed by atoms with E-state index in [2.05, 4.69) is 20.8 Å². The van der Waals surface area contributed by atoms with E-state index in [0.29, 0.717) is 23.5 Å². The van der Waals surface area contributed by atoms with Crippen LogP contribution in [-0.2, 0) is 19.1 Å². The second-order valence-corrected chi connectivity index (χ2v) is 11.4. The summed E-state index contributed by atoms with van der Waals surface area (Å²) in [6, 6.07) is 0. The molecule has 0 N–H and O–H groups in total. The van der Waals surface area contributed by atoms with E-state index in [-0.39, 0.29) is 40.0 Å². The molecule has 0 aromatic carbocycles. The maximum atomic E-state index is 12.3. The summed E-state index contributed by atoms with van der Waals surface area (Å²) >= 11 is 0. The number of esters is 1. The third-order valence-electron chi connectivity index (χ3n) is 10.3. The van der Waals surface area contributed by atoms with Crippen molar-refractivity contribution in [2.45, 2.75) is 103 Å². The van der Waals surface area contributed by atoms with E-state index in [0.717, 1.165) is 32.1 Å². The van der Waals surface area contributed by atoms with Crippen molar-refractivity contribution in [2.24, 2.45) is 34.5 Å². The van der Waals surface area contributed by atoms with Gasteiger partial charge in [-0.15, -0.1) is 0 Å². The quantitative estimate of drug-likeness (QED) is 0.509. The Balaban J connectivity index is 1.46. The van der Waals surface area contributed by atoms with Crippen LogP contribution in [0.5, 0.6) is 0 Å². The van der Waals surface area contributed by atoms with Gasteiger partial charge in [0.25, 0.3) is 0 Å². The molecule has 28 heavy (non-hydrogen) atoms. The molecule has 1 saturated heterocycles. The van der Waals surface area contributed by atoms with Gasteiger partial charge in [-0.2, -0.15) is 0 Å². The fourth-order valence-electron chi connectivity index (χ4n) is 9.16. The summed E-state index contributed by atoms with van der Waals surface area (Å²) in [5.74, 6) is 2.48. The second kappa shape index (κ2) is 5.62. The maximum Gasteiger partial charge on any atom is 0.302 e. The first kappa shape index (κ1) is 19.1. The van der Waals surface area contributed by atoms with E-state index in [9.17, 15) is 9.59 Å². The Morgan fingerprint density at radius 1 is 0.929 bits per heavy atom. The SMILES string of the molecule is CC(=O)O[C@H]1CC[C@]2(C)[C@H]3CC[C@]4(C)[C@@H](C(C)=O)CC[C@H]4[C@@H]3C[C@@]3(C)O[C@]32C1. The lowest BCUT2D eigenvalue weighted by atomic mass is 9.42. The first-order chi connectivity index (χ1) is 13.1. The van der Waals surface area contributed by atoms with Crippen LogP contribution in [0, 0.1) is 34.5 Å². The summed E-state index contributed by atoms with van der Waals surface area (Å²) in [7, 11) is 0. The highest BCUT2D eigenvalue weighted by atomic mass is 16.6. The van der Waals surface area contributed by atoms with Crippen molar-refractivity contribution < 1.29 is 19.1 Å². The molecular formula is C24H36O4. The summed E-state index contributed by atoms with van der Waals surface area (Å²) < 4.78 is 12.3. The van der Waals surface area contributed by atoms with Gasteiger partial charge in [-0.05, 0) is 82.0 Å². The number of ketones is 1. The van der Waals surface area contributed by atoms with Crippen molar-refractivity contribution >= 4 is 11.8 Å². The highest BCUT2D eigenvalue weighted by Crippen LogP contribution is 2.77. The Kier molecular flexibility index (Phi) is 3.83. The van der Waals surface area contributed by atoms with Gasteiger partial charge in [-0.1, -0.05) is 13.8 Å². The minimum Gasteiger partial charge on any atom is -0.462 e. The van der Waals surface area contributed by atoms with Gasteiger partial charge >= 0.3 is 5.97 Å². The Labute approximate surface area is 169 Å². The number of fused-ring (bicyclic) bond motifs is 4. The minimum atomic E-state index is -0.171. The van der Waals surface area contributed by atoms with Crippen molar-refractivity contribution in [1.82, 2.24) is 0 Å². The predicted molar refractivity (Wildman–Crippen MR) is 106 cm³/mol. The average molecular weight is 389 g/mol. The van der Waals surface area contributed by atoms with Crippen molar-refractivity contribution in [1.29, 1.82) is 0 Å². The normalized spacial score (nSPS) is 56.7. The standard InChI is InChI=1S/C24H36O4/c1-14(25)18-6-7-19-17-13-23(5)24(28-23)12-16(27-15(2)26)8-11-22(24,4)20(17)9-10-21(18,19)3/h16-20H,6-13H2,1-5H3/t16-,17-,18+,19-,20-,21+,22+,23+,24-/m0/s1. The molecule has 0 unspecified atom stereocenters. The zero-order valence-corrected chi connectivity index (χ0v) is 18.2. The summed E-state index contributed by atoms with van der Waals surface area (Å²) in [5, 5.41) is 0. The van der Waals surface area contributed by atoms with Crippen LogP contribution >= 0.6 is 0 Å². The van der Waals surface area contributed by atoms with Gasteiger partial charge < -0.3 is 9.47 Å². The molecule has 9 atom stereocenters. The van der Waals surface area contributed by atoms with Crippen LogP contribution < -0.4 is 0 Å². The zero-order valence-electron chi connectivity index (χ0n) is 18.2. The average Bonchev–Trinajstić information content (AvgIpc) is 3.01. The Morgan fingerprint density at radius 2 is 1.68 bits per heavy atom. The van der Waals surface area contributed by atoms with Crippen LogP contribution in [0.4, 0.5) is 0 Å². The van der Waals surface area contributed by atoms with E-state index < -0.39 is 0 Å². The fraction of sp³-hybridized carbons (Fsp3) is 0.917. The molecule has 4 saturated carbocycles.